The molecule has 2 heterocycles. The van der Waals surface area contributed by atoms with E-state index in [1.165, 1.54) is 22.5 Å². The second-order valence-corrected chi connectivity index (χ2v) is 10.5. The quantitative estimate of drug-likeness (QED) is 0.695. The number of rotatable bonds is 6. The molecule has 2 saturated heterocycles. The number of nitrogens with zero attached hydrogens (tertiary/aromatic N) is 2. The lowest BCUT2D eigenvalue weighted by Gasteiger charge is -2.36. The molecule has 2 aromatic carbocycles. The van der Waals surface area contributed by atoms with Gasteiger partial charge in [-0.05, 0) is 55.3 Å². The molecule has 1 amide bonds. The number of halogens is 1. The molecular weight excluding hydrogens is 445 g/mol. The summed E-state index contributed by atoms with van der Waals surface area (Å²) >= 11 is 0. The minimum absolute atomic E-state index is 0.160. The van der Waals surface area contributed by atoms with Crippen LogP contribution in [0, 0.1) is 5.82 Å². The van der Waals surface area contributed by atoms with Gasteiger partial charge in [0.05, 0.1) is 10.3 Å². The number of hydrogen-bond donors (Lipinski definition) is 1. The summed E-state index contributed by atoms with van der Waals surface area (Å²) in [5.74, 6) is -0.609. The van der Waals surface area contributed by atoms with Gasteiger partial charge < -0.3 is 15.0 Å². The highest BCUT2D eigenvalue weighted by atomic mass is 32.2. The average Bonchev–Trinajstić information content (AvgIpc) is 2.85. The van der Waals surface area contributed by atoms with Crippen molar-refractivity contribution >= 4 is 21.6 Å². The monoisotopic (exact) mass is 475 g/mol. The van der Waals surface area contributed by atoms with E-state index in [4.69, 9.17) is 4.74 Å². The third-order valence-corrected chi connectivity index (χ3v) is 8.58. The van der Waals surface area contributed by atoms with E-state index >= 15 is 0 Å². The van der Waals surface area contributed by atoms with Crippen LogP contribution in [0.2, 0.25) is 0 Å². The molecule has 2 aromatic rings. The Morgan fingerprint density at radius 2 is 1.73 bits per heavy atom. The van der Waals surface area contributed by atoms with E-state index in [2.05, 4.69) is 17.1 Å². The average molecular weight is 476 g/mol. The molecule has 0 aromatic heterocycles. The molecule has 178 valence electrons. The second-order valence-electron chi connectivity index (χ2n) is 8.52. The van der Waals surface area contributed by atoms with Gasteiger partial charge in [-0.1, -0.05) is 25.1 Å². The molecule has 4 rings (SSSR count). The Bertz CT molecular complexity index is 1080. The normalized spacial score (nSPS) is 19.8. The summed E-state index contributed by atoms with van der Waals surface area (Å²) in [6, 6.07) is 12.4. The number of carbonyl (C=O) groups is 1. The van der Waals surface area contributed by atoms with Gasteiger partial charge in [-0.15, -0.1) is 0 Å². The third-order valence-electron chi connectivity index (χ3n) is 6.69. The Labute approximate surface area is 194 Å². The molecule has 2 aliphatic heterocycles. The van der Waals surface area contributed by atoms with Crippen molar-refractivity contribution < 1.29 is 22.3 Å². The van der Waals surface area contributed by atoms with Gasteiger partial charge in [0.2, 0.25) is 15.9 Å². The third kappa shape index (κ3) is 4.96. The number of benzene rings is 2. The molecule has 0 atom stereocenters. The van der Waals surface area contributed by atoms with Crippen molar-refractivity contribution in [1.29, 1.82) is 0 Å². The number of nitrogens with one attached hydrogen (secondary N) is 1. The molecule has 33 heavy (non-hydrogen) atoms. The fraction of sp³-hybridized carbons (Fsp3) is 0.458. The van der Waals surface area contributed by atoms with Crippen LogP contribution in [0.4, 0.5) is 10.1 Å². The van der Waals surface area contributed by atoms with Crippen molar-refractivity contribution in [2.24, 2.45) is 0 Å². The SMILES string of the molecule is CCN1CCN(S(=O)(=O)c2cccc(NC(=O)C3(c4ccc(F)cc4)CCOCC3)c2)CC1. The van der Waals surface area contributed by atoms with Gasteiger partial charge >= 0.3 is 0 Å². The first-order valence-electron chi connectivity index (χ1n) is 11.3. The van der Waals surface area contributed by atoms with E-state index in [1.54, 1.807) is 30.3 Å². The number of hydrogen-bond acceptors (Lipinski definition) is 5. The van der Waals surface area contributed by atoms with Gasteiger partial charge in [-0.2, -0.15) is 4.31 Å². The first-order valence-corrected chi connectivity index (χ1v) is 12.8. The van der Waals surface area contributed by atoms with Crippen LogP contribution in [-0.4, -0.2) is 69.5 Å². The van der Waals surface area contributed by atoms with Gasteiger partial charge in [0.25, 0.3) is 0 Å². The Hall–Kier alpha value is -2.33. The Balaban J connectivity index is 1.56. The number of ether oxygens (including phenoxy) is 1. The van der Waals surface area contributed by atoms with Crippen molar-refractivity contribution in [3.63, 3.8) is 0 Å². The van der Waals surface area contributed by atoms with E-state index in [9.17, 15) is 17.6 Å². The summed E-state index contributed by atoms with van der Waals surface area (Å²) < 4.78 is 46.8. The predicted molar refractivity (Wildman–Crippen MR) is 124 cm³/mol. The number of carbonyl (C=O) groups excluding carboxylic acids is 1. The maximum absolute atomic E-state index is 13.5. The lowest BCUT2D eigenvalue weighted by Crippen LogP contribution is -2.48. The van der Waals surface area contributed by atoms with E-state index in [0.717, 1.165) is 12.1 Å². The second kappa shape index (κ2) is 9.89. The number of amides is 1. The van der Waals surface area contributed by atoms with Gasteiger partial charge in [0.15, 0.2) is 0 Å². The van der Waals surface area contributed by atoms with E-state index in [1.807, 2.05) is 0 Å². The smallest absolute Gasteiger partial charge is 0.243 e. The summed E-state index contributed by atoms with van der Waals surface area (Å²) in [6.45, 7) is 6.10. The van der Waals surface area contributed by atoms with Crippen LogP contribution >= 0.6 is 0 Å². The van der Waals surface area contributed by atoms with Crippen LogP contribution in [-0.2, 0) is 25.0 Å². The van der Waals surface area contributed by atoms with Gasteiger partial charge in [-0.3, -0.25) is 4.79 Å². The maximum Gasteiger partial charge on any atom is 0.243 e. The zero-order valence-electron chi connectivity index (χ0n) is 18.8. The largest absolute Gasteiger partial charge is 0.381 e. The minimum Gasteiger partial charge on any atom is -0.381 e. The summed E-state index contributed by atoms with van der Waals surface area (Å²) in [5, 5.41) is 2.92. The van der Waals surface area contributed by atoms with Crippen molar-refractivity contribution in [1.82, 2.24) is 9.21 Å². The highest BCUT2D eigenvalue weighted by molar-refractivity contribution is 7.89. The highest BCUT2D eigenvalue weighted by Gasteiger charge is 2.42. The molecule has 0 unspecified atom stereocenters. The van der Waals surface area contributed by atoms with Crippen LogP contribution in [0.15, 0.2) is 53.4 Å². The Kier molecular flexibility index (Phi) is 7.13. The number of anilines is 1. The van der Waals surface area contributed by atoms with E-state index in [0.29, 0.717) is 57.9 Å². The van der Waals surface area contributed by atoms with Crippen molar-refractivity contribution in [3.8, 4) is 0 Å². The number of piperazine rings is 1. The molecule has 0 bridgehead atoms. The molecule has 0 aliphatic carbocycles. The molecule has 9 heteroatoms. The highest BCUT2D eigenvalue weighted by Crippen LogP contribution is 2.36. The molecule has 2 fully saturated rings. The zero-order chi connectivity index (χ0) is 23.5. The molecule has 0 saturated carbocycles. The van der Waals surface area contributed by atoms with Crippen molar-refractivity contribution in [3.05, 3.63) is 59.9 Å². The van der Waals surface area contributed by atoms with Crippen LogP contribution in [0.25, 0.3) is 0 Å². The number of sulfonamides is 1. The Morgan fingerprint density at radius 1 is 1.06 bits per heavy atom. The first kappa shape index (κ1) is 23.8. The fourth-order valence-electron chi connectivity index (χ4n) is 4.56. The van der Waals surface area contributed by atoms with Crippen LogP contribution in [0.1, 0.15) is 25.3 Å². The van der Waals surface area contributed by atoms with E-state index < -0.39 is 15.4 Å². The number of likely N-dealkylation sites (N-methyl/N-ethyl adjacent to an activating group) is 1. The lowest BCUT2D eigenvalue weighted by molar-refractivity contribution is -0.125. The maximum atomic E-state index is 13.5. The van der Waals surface area contributed by atoms with Crippen LogP contribution in [0.3, 0.4) is 0 Å². The molecule has 0 radical (unpaired) electrons. The molecule has 7 nitrogen and oxygen atoms in total. The summed E-state index contributed by atoms with van der Waals surface area (Å²) in [5.41, 5.74) is 0.278. The fourth-order valence-corrected chi connectivity index (χ4v) is 6.02. The van der Waals surface area contributed by atoms with Gasteiger partial charge in [0, 0.05) is 45.1 Å². The van der Waals surface area contributed by atoms with Gasteiger partial charge in [0.1, 0.15) is 5.82 Å². The van der Waals surface area contributed by atoms with E-state index in [-0.39, 0.29) is 16.6 Å². The molecular formula is C24H30FN3O4S. The standard InChI is InChI=1S/C24H30FN3O4S/c1-2-27-12-14-28(15-13-27)33(30,31)22-5-3-4-21(18-22)26-23(29)24(10-16-32-17-11-24)19-6-8-20(25)9-7-19/h3-9,18H,2,10-17H2,1H3,(H,26,29). The summed E-state index contributed by atoms with van der Waals surface area (Å²) in [4.78, 5) is 15.9. The van der Waals surface area contributed by atoms with Crippen molar-refractivity contribution in [2.75, 3.05) is 51.3 Å². The minimum atomic E-state index is -3.66. The summed E-state index contributed by atoms with van der Waals surface area (Å²) in [7, 11) is -3.66. The zero-order valence-corrected chi connectivity index (χ0v) is 19.6. The predicted octanol–water partition coefficient (Wildman–Crippen LogP) is 2.84. The summed E-state index contributed by atoms with van der Waals surface area (Å²) in [6.07, 6.45) is 0.925. The molecule has 0 spiro atoms. The lowest BCUT2D eigenvalue weighted by atomic mass is 9.73. The Morgan fingerprint density at radius 3 is 2.36 bits per heavy atom. The molecule has 1 N–H and O–H groups in total. The topological polar surface area (TPSA) is 79.0 Å². The van der Waals surface area contributed by atoms with Crippen LogP contribution < -0.4 is 5.32 Å². The van der Waals surface area contributed by atoms with Crippen molar-refractivity contribution in [2.45, 2.75) is 30.1 Å². The van der Waals surface area contributed by atoms with Gasteiger partial charge in [-0.25, -0.2) is 12.8 Å². The first-order chi connectivity index (χ1) is 15.8. The van der Waals surface area contributed by atoms with Crippen LogP contribution in [0.5, 0.6) is 0 Å². The molecule has 2 aliphatic rings.